The van der Waals surface area contributed by atoms with E-state index in [1.807, 2.05) is 54.7 Å². The molecule has 0 saturated carbocycles. The molecule has 0 aromatic heterocycles. The Kier molecular flexibility index (Phi) is 39.9. The van der Waals surface area contributed by atoms with E-state index in [1.54, 1.807) is 0 Å². The number of amides is 1. The van der Waals surface area contributed by atoms with Gasteiger partial charge in [0.15, 0.2) is 0 Å². The summed E-state index contributed by atoms with van der Waals surface area (Å²) < 4.78 is 5.82. The maximum absolute atomic E-state index is 13.1. The van der Waals surface area contributed by atoms with Crippen LogP contribution in [0.5, 0.6) is 0 Å². The zero-order valence-corrected chi connectivity index (χ0v) is 35.5. The van der Waals surface area contributed by atoms with Gasteiger partial charge >= 0.3 is 5.97 Å². The summed E-state index contributed by atoms with van der Waals surface area (Å²) in [7, 11) is 0. The lowest BCUT2D eigenvalue weighted by Crippen LogP contribution is -2.46. The first-order valence-electron chi connectivity index (χ1n) is 22.4. The van der Waals surface area contributed by atoms with Gasteiger partial charge < -0.3 is 20.3 Å². The Bertz CT molecular complexity index is 1080. The maximum atomic E-state index is 13.1. The van der Waals surface area contributed by atoms with Gasteiger partial charge in [0, 0.05) is 6.42 Å². The molecular formula is C49H83NO5. The number of unbranched alkanes of at least 4 members (excludes halogenated alkanes) is 16. The molecule has 0 aliphatic carbocycles. The molecule has 0 aromatic carbocycles. The van der Waals surface area contributed by atoms with Gasteiger partial charge in [-0.1, -0.05) is 202 Å². The molecule has 0 saturated heterocycles. The molecule has 0 rings (SSSR count). The average molecular weight is 766 g/mol. The zero-order valence-electron chi connectivity index (χ0n) is 35.5. The van der Waals surface area contributed by atoms with E-state index in [9.17, 15) is 19.8 Å². The minimum absolute atomic E-state index is 0.00181. The molecule has 3 atom stereocenters. The number of allylic oxidation sites excluding steroid dienone is 14. The summed E-state index contributed by atoms with van der Waals surface area (Å²) in [6.45, 7) is 6.25. The minimum atomic E-state index is -0.817. The fourth-order valence-corrected chi connectivity index (χ4v) is 6.21. The van der Waals surface area contributed by atoms with Gasteiger partial charge in [0.1, 0.15) is 6.10 Å². The smallest absolute Gasteiger partial charge is 0.306 e. The molecule has 1 amide bonds. The molecule has 0 aromatic rings. The fraction of sp³-hybridized carbons (Fsp3) is 0.673. The summed E-state index contributed by atoms with van der Waals surface area (Å²) in [5.41, 5.74) is 0. The third-order valence-corrected chi connectivity index (χ3v) is 9.60. The van der Waals surface area contributed by atoms with E-state index in [-0.39, 0.29) is 31.3 Å². The number of ether oxygens (including phenoxy) is 1. The number of aliphatic hydroxyl groups excluding tert-OH is 2. The zero-order chi connectivity index (χ0) is 40.3. The van der Waals surface area contributed by atoms with Crippen molar-refractivity contribution < 1.29 is 24.5 Å². The van der Waals surface area contributed by atoms with Crippen molar-refractivity contribution in [2.75, 3.05) is 6.61 Å². The maximum Gasteiger partial charge on any atom is 0.306 e. The van der Waals surface area contributed by atoms with Crippen molar-refractivity contribution in [2.24, 2.45) is 0 Å². The highest BCUT2D eigenvalue weighted by atomic mass is 16.5. The third-order valence-electron chi connectivity index (χ3n) is 9.60. The molecular weight excluding hydrogens is 683 g/mol. The van der Waals surface area contributed by atoms with Gasteiger partial charge in [0.05, 0.1) is 25.2 Å². The van der Waals surface area contributed by atoms with Gasteiger partial charge in [-0.3, -0.25) is 9.59 Å². The van der Waals surface area contributed by atoms with Gasteiger partial charge in [0.2, 0.25) is 5.91 Å². The minimum Gasteiger partial charge on any atom is -0.462 e. The van der Waals surface area contributed by atoms with Crippen molar-refractivity contribution in [3.63, 3.8) is 0 Å². The van der Waals surface area contributed by atoms with Gasteiger partial charge in [0.25, 0.3) is 0 Å². The average Bonchev–Trinajstić information content (AvgIpc) is 3.18. The Morgan fingerprint density at radius 2 is 1.07 bits per heavy atom. The third kappa shape index (κ3) is 37.7. The lowest BCUT2D eigenvalue weighted by Gasteiger charge is -2.24. The number of carbonyl (C=O) groups is 2. The highest BCUT2D eigenvalue weighted by Gasteiger charge is 2.23. The number of hydrogen-bond acceptors (Lipinski definition) is 5. The van der Waals surface area contributed by atoms with Crippen LogP contribution in [0.2, 0.25) is 0 Å². The molecule has 6 nitrogen and oxygen atoms in total. The van der Waals surface area contributed by atoms with Crippen LogP contribution in [-0.4, -0.2) is 46.9 Å². The van der Waals surface area contributed by atoms with Crippen LogP contribution in [0, 0.1) is 0 Å². The Labute approximate surface area is 338 Å². The van der Waals surface area contributed by atoms with E-state index in [4.69, 9.17) is 4.74 Å². The van der Waals surface area contributed by atoms with Gasteiger partial charge in [-0.2, -0.15) is 0 Å². The molecule has 0 fully saturated rings. The van der Waals surface area contributed by atoms with Crippen molar-refractivity contribution in [3.8, 4) is 0 Å². The second-order valence-corrected chi connectivity index (χ2v) is 14.8. The molecule has 0 spiro atoms. The molecule has 3 unspecified atom stereocenters. The van der Waals surface area contributed by atoms with Gasteiger partial charge in [-0.05, 0) is 57.8 Å². The van der Waals surface area contributed by atoms with E-state index in [1.165, 1.54) is 83.5 Å². The number of hydrogen-bond donors (Lipinski definition) is 3. The standard InChI is InChI=1S/C49H83NO5/c1-4-7-10-13-16-19-22-24-26-28-31-34-37-40-45(55-49(54)42-39-36-33-30-27-25-23-20-17-14-11-8-5-2)43-48(53)50-46(44-51)47(52)41-38-35-32-29-21-18-15-12-9-6-3/h7,10,13,16,19,22,24-28,31,33,36,45-47,51-52H,4-6,8-9,11-12,14-15,17-18,20-21,23,29-30,32,34-35,37-44H2,1-3H3,(H,50,53)/b10-7+,16-13+,22-19-,26-24-,27-25-,31-28+,36-33+. The summed E-state index contributed by atoms with van der Waals surface area (Å²) in [6.07, 6.45) is 53.7. The monoisotopic (exact) mass is 766 g/mol. The normalized spacial score (nSPS) is 14.2. The highest BCUT2D eigenvalue weighted by molar-refractivity contribution is 5.77. The predicted octanol–water partition coefficient (Wildman–Crippen LogP) is 12.8. The molecule has 0 aliphatic rings. The van der Waals surface area contributed by atoms with E-state index in [0.29, 0.717) is 19.3 Å². The van der Waals surface area contributed by atoms with E-state index in [2.05, 4.69) is 56.5 Å². The number of rotatable bonds is 38. The Morgan fingerprint density at radius 1 is 0.564 bits per heavy atom. The quantitative estimate of drug-likeness (QED) is 0.0252. The summed E-state index contributed by atoms with van der Waals surface area (Å²) in [4.78, 5) is 25.9. The van der Waals surface area contributed by atoms with Crippen LogP contribution in [0.15, 0.2) is 85.1 Å². The molecule has 314 valence electrons. The summed E-state index contributed by atoms with van der Waals surface area (Å²) >= 11 is 0. The Hall–Kier alpha value is -2.96. The largest absolute Gasteiger partial charge is 0.462 e. The van der Waals surface area contributed by atoms with Crippen LogP contribution in [0.1, 0.15) is 188 Å². The molecule has 0 aliphatic heterocycles. The molecule has 0 bridgehead atoms. The van der Waals surface area contributed by atoms with Crippen molar-refractivity contribution in [1.82, 2.24) is 5.32 Å². The van der Waals surface area contributed by atoms with Crippen LogP contribution in [0.25, 0.3) is 0 Å². The summed E-state index contributed by atoms with van der Waals surface area (Å²) in [5.74, 6) is -0.638. The Balaban J connectivity index is 4.84. The van der Waals surface area contributed by atoms with E-state index >= 15 is 0 Å². The van der Waals surface area contributed by atoms with Crippen LogP contribution < -0.4 is 5.32 Å². The van der Waals surface area contributed by atoms with Gasteiger partial charge in [-0.25, -0.2) is 0 Å². The van der Waals surface area contributed by atoms with Gasteiger partial charge in [-0.15, -0.1) is 0 Å². The number of esters is 1. The number of aliphatic hydroxyl groups is 2. The lowest BCUT2D eigenvalue weighted by molar-refractivity contribution is -0.150. The first-order chi connectivity index (χ1) is 27.0. The van der Waals surface area contributed by atoms with Crippen molar-refractivity contribution in [3.05, 3.63) is 85.1 Å². The SMILES string of the molecule is CC/C=C/C=C/C=C\C=C/C=C/CCCC(CC(=O)NC(CO)C(O)CCCCCCCCCCCC)OC(=O)CC/C=C/C/C=C\CCCCCCCC. The Morgan fingerprint density at radius 3 is 1.65 bits per heavy atom. The number of carbonyl (C=O) groups excluding carboxylic acids is 2. The first-order valence-corrected chi connectivity index (χ1v) is 22.4. The van der Waals surface area contributed by atoms with Crippen LogP contribution in [0.3, 0.4) is 0 Å². The number of nitrogens with one attached hydrogen (secondary N) is 1. The van der Waals surface area contributed by atoms with Crippen molar-refractivity contribution in [2.45, 2.75) is 206 Å². The molecule has 6 heteroatoms. The highest BCUT2D eigenvalue weighted by Crippen LogP contribution is 2.15. The lowest BCUT2D eigenvalue weighted by atomic mass is 10.0. The van der Waals surface area contributed by atoms with E-state index < -0.39 is 18.2 Å². The molecule has 0 heterocycles. The molecule has 0 radical (unpaired) electrons. The summed E-state index contributed by atoms with van der Waals surface area (Å²) in [6, 6.07) is -0.737. The van der Waals surface area contributed by atoms with E-state index in [0.717, 1.165) is 51.4 Å². The van der Waals surface area contributed by atoms with Crippen LogP contribution in [0.4, 0.5) is 0 Å². The second kappa shape index (κ2) is 42.2. The molecule has 55 heavy (non-hydrogen) atoms. The second-order valence-electron chi connectivity index (χ2n) is 14.8. The van der Waals surface area contributed by atoms with Crippen molar-refractivity contribution in [1.29, 1.82) is 0 Å². The van der Waals surface area contributed by atoms with Crippen molar-refractivity contribution >= 4 is 11.9 Å². The predicted molar refractivity (Wildman–Crippen MR) is 236 cm³/mol. The topological polar surface area (TPSA) is 95.9 Å². The van der Waals surface area contributed by atoms with Crippen LogP contribution >= 0.6 is 0 Å². The van der Waals surface area contributed by atoms with Crippen LogP contribution in [-0.2, 0) is 14.3 Å². The fourth-order valence-electron chi connectivity index (χ4n) is 6.21. The summed E-state index contributed by atoms with van der Waals surface area (Å²) in [5, 5.41) is 23.5. The first kappa shape index (κ1) is 52.0. The molecule has 3 N–H and O–H groups in total.